The van der Waals surface area contributed by atoms with E-state index < -0.39 is 0 Å². The van der Waals surface area contributed by atoms with Crippen molar-refractivity contribution < 1.29 is 4.74 Å². The van der Waals surface area contributed by atoms with Crippen LogP contribution in [0.1, 0.15) is 38.4 Å². The second-order valence-corrected chi connectivity index (χ2v) is 5.05. The van der Waals surface area contributed by atoms with Crippen molar-refractivity contribution >= 4 is 10.9 Å². The first-order valence-corrected chi connectivity index (χ1v) is 7.14. The largest absolute Gasteiger partial charge is 0.491 e. The van der Waals surface area contributed by atoms with E-state index in [0.29, 0.717) is 0 Å². The van der Waals surface area contributed by atoms with Gasteiger partial charge in [-0.05, 0) is 50.6 Å². The lowest BCUT2D eigenvalue weighted by atomic mass is 10.1. The van der Waals surface area contributed by atoms with Gasteiger partial charge in [-0.3, -0.25) is 0 Å². The Hall–Kier alpha value is -1.48. The Kier molecular flexibility index (Phi) is 4.48. The maximum Gasteiger partial charge on any atom is 0.120 e. The molecule has 0 aliphatic rings. The molecule has 0 aliphatic carbocycles. The highest BCUT2D eigenvalue weighted by Crippen LogP contribution is 2.27. The number of benzene rings is 1. The van der Waals surface area contributed by atoms with Crippen molar-refractivity contribution in [3.63, 3.8) is 0 Å². The second kappa shape index (κ2) is 6.11. The van der Waals surface area contributed by atoms with Crippen molar-refractivity contribution in [2.45, 2.75) is 46.8 Å². The normalized spacial score (nSPS) is 12.8. The minimum atomic E-state index is 0.259. The topological polar surface area (TPSA) is 37.0 Å². The first-order valence-electron chi connectivity index (χ1n) is 7.14. The third kappa shape index (κ3) is 3.10. The Balaban J connectivity index is 2.33. The Morgan fingerprint density at radius 2 is 2.11 bits per heavy atom. The fourth-order valence-electron chi connectivity index (χ4n) is 2.23. The summed E-state index contributed by atoms with van der Waals surface area (Å²) in [7, 11) is 0. The van der Waals surface area contributed by atoms with Crippen LogP contribution in [0.15, 0.2) is 18.2 Å². The number of fused-ring (bicyclic) bond motifs is 1. The molecule has 3 nitrogen and oxygen atoms in total. The molecule has 104 valence electrons. The summed E-state index contributed by atoms with van der Waals surface area (Å²) >= 11 is 0. The predicted octanol–water partition coefficient (Wildman–Crippen LogP) is 3.76. The quantitative estimate of drug-likeness (QED) is 0.829. The molecule has 0 bridgehead atoms. The minimum Gasteiger partial charge on any atom is -0.491 e. The first kappa shape index (κ1) is 13.9. The van der Waals surface area contributed by atoms with Crippen LogP contribution in [-0.4, -0.2) is 17.6 Å². The lowest BCUT2D eigenvalue weighted by molar-refractivity contribution is 0.218. The van der Waals surface area contributed by atoms with Gasteiger partial charge < -0.3 is 15.0 Å². The van der Waals surface area contributed by atoms with Crippen molar-refractivity contribution in [3.8, 4) is 5.75 Å². The van der Waals surface area contributed by atoms with Crippen LogP contribution in [0.4, 0.5) is 0 Å². The predicted molar refractivity (Wildman–Crippen MR) is 80.8 cm³/mol. The van der Waals surface area contributed by atoms with Gasteiger partial charge in [-0.25, -0.2) is 0 Å². The monoisotopic (exact) mass is 260 g/mol. The number of hydrogen-bond donors (Lipinski definition) is 2. The average Bonchev–Trinajstić information content (AvgIpc) is 2.71. The van der Waals surface area contributed by atoms with E-state index in [0.717, 1.165) is 25.3 Å². The van der Waals surface area contributed by atoms with Crippen LogP contribution in [-0.2, 0) is 6.54 Å². The van der Waals surface area contributed by atoms with E-state index in [4.69, 9.17) is 4.74 Å². The zero-order valence-corrected chi connectivity index (χ0v) is 12.3. The van der Waals surface area contributed by atoms with E-state index in [-0.39, 0.29) is 6.10 Å². The van der Waals surface area contributed by atoms with Crippen molar-refractivity contribution in [2.75, 3.05) is 6.54 Å². The number of H-pyrrole nitrogens is 1. The van der Waals surface area contributed by atoms with E-state index in [9.17, 15) is 0 Å². The molecule has 1 atom stereocenters. The molecule has 1 aromatic carbocycles. The lowest BCUT2D eigenvalue weighted by Crippen LogP contribution is -2.12. The molecular formula is C16H24N2O. The summed E-state index contributed by atoms with van der Waals surface area (Å²) < 4.78 is 5.91. The SMILES string of the molecule is CCNCc1c(C)[nH]c2ccc(OC(C)CC)cc12. The zero-order chi connectivity index (χ0) is 13.8. The van der Waals surface area contributed by atoms with Crippen molar-refractivity contribution in [3.05, 3.63) is 29.5 Å². The standard InChI is InChI=1S/C16H24N2O/c1-5-11(3)19-13-7-8-16-14(9-13)15(10-17-6-2)12(4)18-16/h7-9,11,17-18H,5-6,10H2,1-4H3. The molecule has 1 aromatic heterocycles. The average molecular weight is 260 g/mol. The number of ether oxygens (including phenoxy) is 1. The summed E-state index contributed by atoms with van der Waals surface area (Å²) in [6, 6.07) is 6.30. The number of rotatable bonds is 6. The molecular weight excluding hydrogens is 236 g/mol. The van der Waals surface area contributed by atoms with E-state index in [1.165, 1.54) is 22.2 Å². The molecule has 1 heterocycles. The van der Waals surface area contributed by atoms with Crippen molar-refractivity contribution in [2.24, 2.45) is 0 Å². The van der Waals surface area contributed by atoms with Crippen molar-refractivity contribution in [1.29, 1.82) is 0 Å². The fraction of sp³-hybridized carbons (Fsp3) is 0.500. The van der Waals surface area contributed by atoms with Gasteiger partial charge in [0.1, 0.15) is 5.75 Å². The molecule has 0 aliphatic heterocycles. The van der Waals surface area contributed by atoms with Gasteiger partial charge in [-0.1, -0.05) is 13.8 Å². The van der Waals surface area contributed by atoms with E-state index >= 15 is 0 Å². The van der Waals surface area contributed by atoms with Crippen LogP contribution in [0, 0.1) is 6.92 Å². The van der Waals surface area contributed by atoms with Gasteiger partial charge in [0.2, 0.25) is 0 Å². The van der Waals surface area contributed by atoms with Crippen LogP contribution in [0.2, 0.25) is 0 Å². The highest BCUT2D eigenvalue weighted by molar-refractivity contribution is 5.86. The number of aryl methyl sites for hydroxylation is 1. The molecule has 0 saturated carbocycles. The molecule has 0 amide bonds. The second-order valence-electron chi connectivity index (χ2n) is 5.05. The summed E-state index contributed by atoms with van der Waals surface area (Å²) in [5.41, 5.74) is 3.75. The molecule has 2 rings (SSSR count). The van der Waals surface area contributed by atoms with Crippen LogP contribution in [0.5, 0.6) is 5.75 Å². The third-order valence-electron chi connectivity index (χ3n) is 3.55. The molecule has 2 N–H and O–H groups in total. The Morgan fingerprint density at radius 1 is 1.32 bits per heavy atom. The molecule has 0 fully saturated rings. The summed E-state index contributed by atoms with van der Waals surface area (Å²) in [6.45, 7) is 10.4. The molecule has 3 heteroatoms. The molecule has 2 aromatic rings. The summed E-state index contributed by atoms with van der Waals surface area (Å²) in [4.78, 5) is 3.43. The minimum absolute atomic E-state index is 0.259. The smallest absolute Gasteiger partial charge is 0.120 e. The van der Waals surface area contributed by atoms with Gasteiger partial charge in [-0.15, -0.1) is 0 Å². The molecule has 1 unspecified atom stereocenters. The number of nitrogens with one attached hydrogen (secondary N) is 2. The number of hydrogen-bond acceptors (Lipinski definition) is 2. The van der Waals surface area contributed by atoms with Gasteiger partial charge >= 0.3 is 0 Å². The van der Waals surface area contributed by atoms with E-state index in [1.807, 2.05) is 6.07 Å². The zero-order valence-electron chi connectivity index (χ0n) is 12.3. The van der Waals surface area contributed by atoms with Crippen molar-refractivity contribution in [1.82, 2.24) is 10.3 Å². The fourth-order valence-corrected chi connectivity index (χ4v) is 2.23. The maximum atomic E-state index is 5.91. The molecule has 0 radical (unpaired) electrons. The Bertz CT molecular complexity index is 545. The molecule has 0 saturated heterocycles. The third-order valence-corrected chi connectivity index (χ3v) is 3.55. The van der Waals surface area contributed by atoms with Gasteiger partial charge in [-0.2, -0.15) is 0 Å². The van der Waals surface area contributed by atoms with Gasteiger partial charge in [0.05, 0.1) is 6.10 Å². The maximum absolute atomic E-state index is 5.91. The van der Waals surface area contributed by atoms with Crippen LogP contribution in [0.25, 0.3) is 10.9 Å². The highest BCUT2D eigenvalue weighted by atomic mass is 16.5. The van der Waals surface area contributed by atoms with Gasteiger partial charge in [0.25, 0.3) is 0 Å². The van der Waals surface area contributed by atoms with Crippen LogP contribution in [0.3, 0.4) is 0 Å². The first-order chi connectivity index (χ1) is 9.15. The van der Waals surface area contributed by atoms with Gasteiger partial charge in [0, 0.05) is 23.1 Å². The number of aromatic amines is 1. The summed E-state index contributed by atoms with van der Waals surface area (Å²) in [5, 5.41) is 4.66. The van der Waals surface area contributed by atoms with Crippen LogP contribution < -0.4 is 10.1 Å². The lowest BCUT2D eigenvalue weighted by Gasteiger charge is -2.12. The molecule has 0 spiro atoms. The number of aromatic nitrogens is 1. The summed E-state index contributed by atoms with van der Waals surface area (Å²) in [5.74, 6) is 0.957. The Morgan fingerprint density at radius 3 is 2.79 bits per heavy atom. The van der Waals surface area contributed by atoms with Gasteiger partial charge in [0.15, 0.2) is 0 Å². The summed E-state index contributed by atoms with van der Waals surface area (Å²) in [6.07, 6.45) is 1.28. The highest BCUT2D eigenvalue weighted by Gasteiger charge is 2.10. The van der Waals surface area contributed by atoms with E-state index in [2.05, 4.69) is 50.1 Å². The molecule has 19 heavy (non-hydrogen) atoms. The van der Waals surface area contributed by atoms with Crippen LogP contribution >= 0.6 is 0 Å². The Labute approximate surface area is 115 Å². The van der Waals surface area contributed by atoms with E-state index in [1.54, 1.807) is 0 Å².